The highest BCUT2D eigenvalue weighted by atomic mass is 16.7. The van der Waals surface area contributed by atoms with Gasteiger partial charge in [0.1, 0.15) is 6.04 Å². The molecule has 3 rings (SSSR count). The summed E-state index contributed by atoms with van der Waals surface area (Å²) in [6.45, 7) is 4.13. The third kappa shape index (κ3) is 4.66. The number of hydrogen-bond acceptors (Lipinski definition) is 4. The molecule has 1 amide bonds. The second-order valence-electron chi connectivity index (χ2n) is 6.37. The number of amides is 1. The van der Waals surface area contributed by atoms with Gasteiger partial charge in [-0.2, -0.15) is 0 Å². The van der Waals surface area contributed by atoms with Crippen molar-refractivity contribution in [2.45, 2.75) is 38.8 Å². The van der Waals surface area contributed by atoms with Gasteiger partial charge in [0, 0.05) is 17.8 Å². The van der Waals surface area contributed by atoms with Crippen LogP contribution in [0.3, 0.4) is 0 Å². The van der Waals surface area contributed by atoms with Crippen molar-refractivity contribution >= 4 is 11.6 Å². The van der Waals surface area contributed by atoms with Crippen LogP contribution in [-0.2, 0) is 11.2 Å². The molecule has 0 fully saturated rings. The van der Waals surface area contributed by atoms with E-state index in [9.17, 15) is 4.79 Å². The van der Waals surface area contributed by atoms with Crippen molar-refractivity contribution in [1.29, 1.82) is 0 Å². The maximum atomic E-state index is 12.4. The molecule has 1 aliphatic rings. The molecular weight excluding hydrogens is 316 g/mol. The minimum absolute atomic E-state index is 0.0155. The normalized spacial score (nSPS) is 14.6. The average molecular weight is 340 g/mol. The van der Waals surface area contributed by atoms with Gasteiger partial charge in [0.2, 0.25) is 12.7 Å². The largest absolute Gasteiger partial charge is 0.454 e. The Kier molecular flexibility index (Phi) is 5.43. The van der Waals surface area contributed by atoms with E-state index in [2.05, 4.69) is 22.8 Å². The highest BCUT2D eigenvalue weighted by molar-refractivity contribution is 5.84. The number of carbonyl (C=O) groups excluding carboxylic acids is 1. The van der Waals surface area contributed by atoms with Gasteiger partial charge >= 0.3 is 0 Å². The molecule has 0 bridgehead atoms. The van der Waals surface area contributed by atoms with Crippen molar-refractivity contribution in [2.24, 2.45) is 0 Å². The standard InChI is InChI=1S/C20H24N2O3/c1-14(8-9-16-6-4-3-5-7-16)21-20(23)15(2)22-17-10-11-18-19(12-17)25-13-24-18/h3-7,10-12,14-15,22H,8-9,13H2,1-2H3,(H,21,23). The predicted octanol–water partition coefficient (Wildman–Crippen LogP) is 3.35. The molecule has 25 heavy (non-hydrogen) atoms. The zero-order chi connectivity index (χ0) is 17.6. The van der Waals surface area contributed by atoms with Crippen LogP contribution in [0.25, 0.3) is 0 Å². The lowest BCUT2D eigenvalue weighted by atomic mass is 10.1. The molecule has 0 aromatic heterocycles. The Bertz CT molecular complexity index is 718. The van der Waals surface area contributed by atoms with Crippen LogP contribution in [-0.4, -0.2) is 24.8 Å². The van der Waals surface area contributed by atoms with Gasteiger partial charge in [-0.1, -0.05) is 30.3 Å². The summed E-state index contributed by atoms with van der Waals surface area (Å²) in [7, 11) is 0. The molecule has 2 unspecified atom stereocenters. The lowest BCUT2D eigenvalue weighted by Gasteiger charge is -2.19. The summed E-state index contributed by atoms with van der Waals surface area (Å²) < 4.78 is 10.6. The predicted molar refractivity (Wildman–Crippen MR) is 98.0 cm³/mol. The molecule has 2 aromatic carbocycles. The second kappa shape index (κ2) is 7.92. The second-order valence-corrected chi connectivity index (χ2v) is 6.37. The van der Waals surface area contributed by atoms with Crippen LogP contribution in [0.4, 0.5) is 5.69 Å². The molecule has 2 aromatic rings. The van der Waals surface area contributed by atoms with Crippen LogP contribution < -0.4 is 20.1 Å². The van der Waals surface area contributed by atoms with Crippen LogP contribution in [0.1, 0.15) is 25.8 Å². The van der Waals surface area contributed by atoms with Crippen LogP contribution in [0.2, 0.25) is 0 Å². The quantitative estimate of drug-likeness (QED) is 0.811. The Hall–Kier alpha value is -2.69. The van der Waals surface area contributed by atoms with Gasteiger partial charge < -0.3 is 20.1 Å². The fraction of sp³-hybridized carbons (Fsp3) is 0.350. The summed E-state index contributed by atoms with van der Waals surface area (Å²) in [5.41, 5.74) is 2.12. The molecular formula is C20H24N2O3. The number of carbonyl (C=O) groups is 1. The smallest absolute Gasteiger partial charge is 0.242 e. The third-order valence-electron chi connectivity index (χ3n) is 4.25. The molecule has 2 N–H and O–H groups in total. The van der Waals surface area contributed by atoms with Crippen LogP contribution in [0.15, 0.2) is 48.5 Å². The van der Waals surface area contributed by atoms with E-state index >= 15 is 0 Å². The van der Waals surface area contributed by atoms with Gasteiger partial charge in [0.15, 0.2) is 11.5 Å². The number of anilines is 1. The van der Waals surface area contributed by atoms with Crippen molar-refractivity contribution in [1.82, 2.24) is 5.32 Å². The summed E-state index contributed by atoms with van der Waals surface area (Å²) in [4.78, 5) is 12.4. The summed E-state index contributed by atoms with van der Waals surface area (Å²) in [5.74, 6) is 1.42. The molecule has 0 radical (unpaired) electrons. The Morgan fingerprint density at radius 1 is 1.08 bits per heavy atom. The van der Waals surface area contributed by atoms with Gasteiger partial charge in [-0.15, -0.1) is 0 Å². The highest BCUT2D eigenvalue weighted by Crippen LogP contribution is 2.34. The number of rotatable bonds is 7. The zero-order valence-electron chi connectivity index (χ0n) is 14.6. The number of nitrogens with one attached hydrogen (secondary N) is 2. The molecule has 0 spiro atoms. The molecule has 132 valence electrons. The molecule has 0 saturated heterocycles. The average Bonchev–Trinajstić information content (AvgIpc) is 3.08. The monoisotopic (exact) mass is 340 g/mol. The fourth-order valence-corrected chi connectivity index (χ4v) is 2.77. The molecule has 0 saturated carbocycles. The Morgan fingerprint density at radius 2 is 1.84 bits per heavy atom. The Balaban J connectivity index is 1.47. The van der Waals surface area contributed by atoms with Crippen molar-refractivity contribution in [3.63, 3.8) is 0 Å². The number of benzene rings is 2. The van der Waals surface area contributed by atoms with E-state index in [0.717, 1.165) is 24.3 Å². The molecule has 1 heterocycles. The van der Waals surface area contributed by atoms with E-state index in [-0.39, 0.29) is 24.8 Å². The van der Waals surface area contributed by atoms with Crippen molar-refractivity contribution in [3.05, 3.63) is 54.1 Å². The first kappa shape index (κ1) is 17.1. The maximum absolute atomic E-state index is 12.4. The topological polar surface area (TPSA) is 59.6 Å². The maximum Gasteiger partial charge on any atom is 0.242 e. The van der Waals surface area contributed by atoms with E-state index in [0.29, 0.717) is 5.75 Å². The third-order valence-corrected chi connectivity index (χ3v) is 4.25. The first-order chi connectivity index (χ1) is 12.1. The summed E-state index contributed by atoms with van der Waals surface area (Å²) in [5, 5.41) is 6.27. The minimum Gasteiger partial charge on any atom is -0.454 e. The van der Waals surface area contributed by atoms with Gasteiger partial charge in [-0.25, -0.2) is 0 Å². The van der Waals surface area contributed by atoms with E-state index in [1.54, 1.807) is 0 Å². The molecule has 5 heteroatoms. The van der Waals surface area contributed by atoms with E-state index in [4.69, 9.17) is 9.47 Å². The Morgan fingerprint density at radius 3 is 2.64 bits per heavy atom. The number of fused-ring (bicyclic) bond motifs is 1. The van der Waals surface area contributed by atoms with E-state index < -0.39 is 0 Å². The van der Waals surface area contributed by atoms with Crippen LogP contribution in [0, 0.1) is 0 Å². The number of aryl methyl sites for hydroxylation is 1. The van der Waals surface area contributed by atoms with Gasteiger partial charge in [-0.05, 0) is 44.4 Å². The first-order valence-electron chi connectivity index (χ1n) is 8.62. The Labute approximate surface area is 148 Å². The van der Waals surface area contributed by atoms with E-state index in [1.807, 2.05) is 50.2 Å². The van der Waals surface area contributed by atoms with Gasteiger partial charge in [0.25, 0.3) is 0 Å². The van der Waals surface area contributed by atoms with Crippen LogP contribution >= 0.6 is 0 Å². The highest BCUT2D eigenvalue weighted by Gasteiger charge is 2.17. The first-order valence-corrected chi connectivity index (χ1v) is 8.62. The number of hydrogen-bond donors (Lipinski definition) is 2. The lowest BCUT2D eigenvalue weighted by Crippen LogP contribution is -2.42. The lowest BCUT2D eigenvalue weighted by molar-refractivity contribution is -0.122. The summed E-state index contributed by atoms with van der Waals surface area (Å²) >= 11 is 0. The van der Waals surface area contributed by atoms with Crippen molar-refractivity contribution in [2.75, 3.05) is 12.1 Å². The van der Waals surface area contributed by atoms with Crippen molar-refractivity contribution < 1.29 is 14.3 Å². The van der Waals surface area contributed by atoms with Gasteiger partial charge in [-0.3, -0.25) is 4.79 Å². The number of ether oxygens (including phenoxy) is 2. The van der Waals surface area contributed by atoms with E-state index in [1.165, 1.54) is 5.56 Å². The van der Waals surface area contributed by atoms with Crippen molar-refractivity contribution in [3.8, 4) is 11.5 Å². The zero-order valence-corrected chi connectivity index (χ0v) is 14.6. The molecule has 0 aliphatic carbocycles. The fourth-order valence-electron chi connectivity index (χ4n) is 2.77. The summed E-state index contributed by atoms with van der Waals surface area (Å²) in [6, 6.07) is 15.7. The molecule has 2 atom stereocenters. The van der Waals surface area contributed by atoms with Gasteiger partial charge in [0.05, 0.1) is 0 Å². The minimum atomic E-state index is -0.334. The molecule has 5 nitrogen and oxygen atoms in total. The van der Waals surface area contributed by atoms with Crippen LogP contribution in [0.5, 0.6) is 11.5 Å². The summed E-state index contributed by atoms with van der Waals surface area (Å²) in [6.07, 6.45) is 1.86. The molecule has 1 aliphatic heterocycles. The SMILES string of the molecule is CC(CCc1ccccc1)NC(=O)C(C)Nc1ccc2c(c1)OCO2.